The smallest absolute Gasteiger partial charge is 0.122 e. The van der Waals surface area contributed by atoms with Crippen LogP contribution < -0.4 is 18.9 Å². The lowest BCUT2D eigenvalue weighted by Crippen LogP contribution is -2.32. The van der Waals surface area contributed by atoms with Gasteiger partial charge in [0.05, 0.1) is 28.4 Å². The Hall–Kier alpha value is -2.69. The molecule has 0 aromatic heterocycles. The molecule has 0 bridgehead atoms. The first-order valence-electron chi connectivity index (χ1n) is 10.6. The van der Waals surface area contributed by atoms with Crippen LogP contribution in [0.5, 0.6) is 23.0 Å². The fourth-order valence-electron chi connectivity index (χ4n) is 4.34. The second kappa shape index (κ2) is 10.6. The first-order chi connectivity index (χ1) is 14.7. The molecule has 2 aromatic rings. The normalized spacial score (nSPS) is 13.3. The van der Waals surface area contributed by atoms with Crippen molar-refractivity contribution in [3.05, 3.63) is 47.5 Å². The van der Waals surface area contributed by atoms with E-state index in [1.165, 1.54) is 0 Å². The van der Waals surface area contributed by atoms with Gasteiger partial charge < -0.3 is 23.7 Å². The lowest BCUT2D eigenvalue weighted by Gasteiger charge is -2.39. The Morgan fingerprint density at radius 3 is 1.52 bits per heavy atom. The van der Waals surface area contributed by atoms with E-state index < -0.39 is 0 Å². The van der Waals surface area contributed by atoms with Crippen molar-refractivity contribution < 1.29 is 23.7 Å². The van der Waals surface area contributed by atoms with Gasteiger partial charge in [0.2, 0.25) is 0 Å². The van der Waals surface area contributed by atoms with Crippen LogP contribution in [-0.4, -0.2) is 34.7 Å². The third-order valence-electron chi connectivity index (χ3n) is 6.06. The van der Waals surface area contributed by atoms with E-state index in [0.29, 0.717) is 6.42 Å². The summed E-state index contributed by atoms with van der Waals surface area (Å²) in [5.41, 5.74) is 1.89. The van der Waals surface area contributed by atoms with E-state index in [9.17, 15) is 4.79 Å². The number of aldehydes is 1. The predicted molar refractivity (Wildman–Crippen MR) is 124 cm³/mol. The number of carbonyl (C=O) groups excluding carboxylic acids is 1. The van der Waals surface area contributed by atoms with Crippen molar-refractivity contribution in [1.29, 1.82) is 0 Å². The van der Waals surface area contributed by atoms with Crippen LogP contribution in [0.25, 0.3) is 0 Å². The number of unbranched alkanes of at least 4 members (excludes halogenated alkanes) is 1. The summed E-state index contributed by atoms with van der Waals surface area (Å²) in [6.45, 7) is 6.72. The van der Waals surface area contributed by atoms with Gasteiger partial charge in [-0.1, -0.05) is 20.8 Å². The van der Waals surface area contributed by atoms with Crippen LogP contribution in [0.4, 0.5) is 0 Å². The van der Waals surface area contributed by atoms with Gasteiger partial charge in [0, 0.05) is 18.6 Å². The average molecular weight is 429 g/mol. The Morgan fingerprint density at radius 2 is 1.13 bits per heavy atom. The summed E-state index contributed by atoms with van der Waals surface area (Å²) in [7, 11) is 6.65. The van der Waals surface area contributed by atoms with Gasteiger partial charge in [-0.05, 0) is 65.5 Å². The van der Waals surface area contributed by atoms with Crippen molar-refractivity contribution in [2.75, 3.05) is 28.4 Å². The van der Waals surface area contributed by atoms with E-state index in [4.69, 9.17) is 18.9 Å². The number of carbonyl (C=O) groups is 1. The van der Waals surface area contributed by atoms with Gasteiger partial charge >= 0.3 is 0 Å². The van der Waals surface area contributed by atoms with Gasteiger partial charge in [0.25, 0.3) is 0 Å². The molecule has 0 fully saturated rings. The van der Waals surface area contributed by atoms with Crippen LogP contribution in [-0.2, 0) is 15.6 Å². The molecule has 5 heteroatoms. The number of methoxy groups -OCH3 is 4. The highest BCUT2D eigenvalue weighted by atomic mass is 16.5. The largest absolute Gasteiger partial charge is 0.497 e. The SMILES string of the molecule is COc1cc(OC)cc(C(C)(C)CC(C)(CCCC=O)c2cc(OC)cc(OC)c2)c1. The lowest BCUT2D eigenvalue weighted by molar-refractivity contribution is -0.108. The summed E-state index contributed by atoms with van der Waals surface area (Å²) in [6.07, 6.45) is 4.07. The van der Waals surface area contributed by atoms with Crippen LogP contribution >= 0.6 is 0 Å². The highest BCUT2D eigenvalue weighted by molar-refractivity contribution is 5.49. The van der Waals surface area contributed by atoms with Gasteiger partial charge in [-0.15, -0.1) is 0 Å². The van der Waals surface area contributed by atoms with Gasteiger partial charge in [0.1, 0.15) is 29.3 Å². The molecule has 0 heterocycles. The minimum Gasteiger partial charge on any atom is -0.497 e. The zero-order valence-electron chi connectivity index (χ0n) is 19.9. The Kier molecular flexibility index (Phi) is 8.37. The van der Waals surface area contributed by atoms with E-state index >= 15 is 0 Å². The molecule has 0 radical (unpaired) electrons. The van der Waals surface area contributed by atoms with Gasteiger partial charge in [-0.25, -0.2) is 0 Å². The zero-order valence-corrected chi connectivity index (χ0v) is 19.9. The van der Waals surface area contributed by atoms with Crippen molar-refractivity contribution >= 4 is 6.29 Å². The number of benzene rings is 2. The summed E-state index contributed by atoms with van der Waals surface area (Å²) in [4.78, 5) is 11.0. The zero-order chi connectivity index (χ0) is 23.1. The molecule has 0 amide bonds. The van der Waals surface area contributed by atoms with E-state index in [2.05, 4.69) is 45.0 Å². The van der Waals surface area contributed by atoms with Crippen molar-refractivity contribution in [2.24, 2.45) is 0 Å². The summed E-state index contributed by atoms with van der Waals surface area (Å²) >= 11 is 0. The van der Waals surface area contributed by atoms with Crippen molar-refractivity contribution in [1.82, 2.24) is 0 Å². The minimum atomic E-state index is -0.204. The molecule has 0 aliphatic rings. The molecular formula is C26H36O5. The highest BCUT2D eigenvalue weighted by Gasteiger charge is 2.36. The Balaban J connectivity index is 2.52. The lowest BCUT2D eigenvalue weighted by atomic mass is 9.65. The summed E-state index contributed by atoms with van der Waals surface area (Å²) in [6, 6.07) is 12.1. The van der Waals surface area contributed by atoms with Gasteiger partial charge in [0.15, 0.2) is 0 Å². The molecule has 1 unspecified atom stereocenters. The molecular weight excluding hydrogens is 392 g/mol. The van der Waals surface area contributed by atoms with E-state index in [0.717, 1.165) is 59.7 Å². The number of hydrogen-bond acceptors (Lipinski definition) is 5. The second-order valence-electron chi connectivity index (χ2n) is 8.88. The molecule has 0 aliphatic heterocycles. The van der Waals surface area contributed by atoms with E-state index in [1.807, 2.05) is 12.1 Å². The van der Waals surface area contributed by atoms with Gasteiger partial charge in [-0.2, -0.15) is 0 Å². The number of hydrogen-bond donors (Lipinski definition) is 0. The van der Waals surface area contributed by atoms with Crippen molar-refractivity contribution in [3.8, 4) is 23.0 Å². The van der Waals surface area contributed by atoms with Crippen molar-refractivity contribution in [3.63, 3.8) is 0 Å². The molecule has 2 rings (SSSR count). The monoisotopic (exact) mass is 428 g/mol. The number of rotatable bonds is 12. The maximum absolute atomic E-state index is 11.0. The second-order valence-corrected chi connectivity index (χ2v) is 8.88. The fraction of sp³-hybridized carbons (Fsp3) is 0.500. The Bertz CT molecular complexity index is 830. The van der Waals surface area contributed by atoms with E-state index in [-0.39, 0.29) is 10.8 Å². The van der Waals surface area contributed by atoms with Crippen LogP contribution in [0.15, 0.2) is 36.4 Å². The minimum absolute atomic E-state index is 0.186. The average Bonchev–Trinajstić information content (AvgIpc) is 2.78. The van der Waals surface area contributed by atoms with Crippen LogP contribution in [0.1, 0.15) is 57.6 Å². The summed E-state index contributed by atoms with van der Waals surface area (Å²) in [5.74, 6) is 3.06. The van der Waals surface area contributed by atoms with Crippen LogP contribution in [0.2, 0.25) is 0 Å². The summed E-state index contributed by atoms with van der Waals surface area (Å²) < 4.78 is 22.0. The molecule has 0 N–H and O–H groups in total. The summed E-state index contributed by atoms with van der Waals surface area (Å²) in [5, 5.41) is 0. The Labute approximate surface area is 186 Å². The highest BCUT2D eigenvalue weighted by Crippen LogP contribution is 2.45. The third-order valence-corrected chi connectivity index (χ3v) is 6.06. The van der Waals surface area contributed by atoms with Gasteiger partial charge in [-0.3, -0.25) is 0 Å². The quantitative estimate of drug-likeness (QED) is 0.320. The van der Waals surface area contributed by atoms with Crippen LogP contribution in [0.3, 0.4) is 0 Å². The predicted octanol–water partition coefficient (Wildman–Crippen LogP) is 5.72. The molecule has 170 valence electrons. The van der Waals surface area contributed by atoms with E-state index in [1.54, 1.807) is 28.4 Å². The molecule has 5 nitrogen and oxygen atoms in total. The standard InChI is InChI=1S/C26H36O5/c1-25(2,19-12-21(28-4)16-22(13-19)29-5)18-26(3,10-8-9-11-27)20-14-23(30-6)17-24(15-20)31-7/h11-17H,8-10,18H2,1-7H3. The molecule has 0 aliphatic carbocycles. The molecule has 2 aromatic carbocycles. The first kappa shape index (κ1) is 24.6. The maximum atomic E-state index is 11.0. The van der Waals surface area contributed by atoms with Crippen molar-refractivity contribution in [2.45, 2.75) is 57.3 Å². The first-order valence-corrected chi connectivity index (χ1v) is 10.6. The molecule has 0 saturated heterocycles. The Morgan fingerprint density at radius 1 is 0.710 bits per heavy atom. The topological polar surface area (TPSA) is 54.0 Å². The third kappa shape index (κ3) is 6.16. The maximum Gasteiger partial charge on any atom is 0.122 e. The molecule has 1 atom stereocenters. The molecule has 0 saturated carbocycles. The fourth-order valence-corrected chi connectivity index (χ4v) is 4.34. The number of ether oxygens (including phenoxy) is 4. The van der Waals surface area contributed by atoms with Crippen LogP contribution in [0, 0.1) is 0 Å². The molecule has 31 heavy (non-hydrogen) atoms. The molecule has 0 spiro atoms.